The molecule has 1 fully saturated rings. The summed E-state index contributed by atoms with van der Waals surface area (Å²) in [6, 6.07) is 5.87. The number of primary amides is 1. The Kier molecular flexibility index (Phi) is 4.08. The van der Waals surface area contributed by atoms with E-state index in [0.717, 1.165) is 35.9 Å². The van der Waals surface area contributed by atoms with Crippen molar-refractivity contribution in [3.63, 3.8) is 0 Å². The molecule has 1 aromatic rings. The summed E-state index contributed by atoms with van der Waals surface area (Å²) < 4.78 is 0. The molecule has 0 aromatic heterocycles. The zero-order valence-corrected chi connectivity index (χ0v) is 11.4. The maximum atomic E-state index is 11.2. The Morgan fingerprint density at radius 1 is 1.45 bits per heavy atom. The molecule has 1 aromatic carbocycles. The normalized spacial score (nSPS) is 18.6. The van der Waals surface area contributed by atoms with Crippen LogP contribution in [0.25, 0.3) is 6.08 Å². The smallest absolute Gasteiger partial charge is 0.328 e. The highest BCUT2D eigenvalue weighted by Crippen LogP contribution is 2.28. The van der Waals surface area contributed by atoms with Crippen LogP contribution in [0.15, 0.2) is 24.3 Å². The van der Waals surface area contributed by atoms with Crippen LogP contribution in [-0.2, 0) is 9.59 Å². The summed E-state index contributed by atoms with van der Waals surface area (Å²) in [6.45, 7) is 3.30. The Morgan fingerprint density at radius 3 is 2.80 bits per heavy atom. The number of nitrogens with zero attached hydrogens (tertiary/aromatic N) is 1. The molecule has 0 spiro atoms. The van der Waals surface area contributed by atoms with Crippen molar-refractivity contribution >= 4 is 23.6 Å². The quantitative estimate of drug-likeness (QED) is 0.813. The molecule has 1 atom stereocenters. The first-order valence-corrected chi connectivity index (χ1v) is 6.53. The zero-order valence-electron chi connectivity index (χ0n) is 11.4. The van der Waals surface area contributed by atoms with Gasteiger partial charge in [-0.1, -0.05) is 11.6 Å². The Morgan fingerprint density at radius 2 is 2.20 bits per heavy atom. The van der Waals surface area contributed by atoms with Crippen LogP contribution in [0.2, 0.25) is 0 Å². The first kappa shape index (κ1) is 14.1. The number of benzene rings is 1. The van der Waals surface area contributed by atoms with E-state index < -0.39 is 5.97 Å². The summed E-state index contributed by atoms with van der Waals surface area (Å²) in [5.74, 6) is -1.39. The van der Waals surface area contributed by atoms with E-state index in [1.165, 1.54) is 0 Å². The monoisotopic (exact) mass is 274 g/mol. The lowest BCUT2D eigenvalue weighted by atomic mass is 10.1. The number of hydrogen-bond acceptors (Lipinski definition) is 3. The van der Waals surface area contributed by atoms with Crippen LogP contribution >= 0.6 is 0 Å². The summed E-state index contributed by atoms with van der Waals surface area (Å²) >= 11 is 0. The summed E-state index contributed by atoms with van der Waals surface area (Å²) in [5, 5.41) is 8.75. The fraction of sp³-hybridized carbons (Fsp3) is 0.333. The van der Waals surface area contributed by atoms with Crippen molar-refractivity contribution in [1.82, 2.24) is 0 Å². The number of aliphatic carboxylic acids is 1. The molecule has 0 radical (unpaired) electrons. The number of aryl methyl sites for hydroxylation is 1. The Bertz CT molecular complexity index is 566. The molecule has 1 aliphatic rings. The second-order valence-electron chi connectivity index (χ2n) is 5.07. The van der Waals surface area contributed by atoms with E-state index >= 15 is 0 Å². The summed E-state index contributed by atoms with van der Waals surface area (Å²) in [6.07, 6.45) is 3.45. The minimum absolute atomic E-state index is 0.132. The fourth-order valence-electron chi connectivity index (χ4n) is 2.47. The molecule has 106 valence electrons. The predicted molar refractivity (Wildman–Crippen MR) is 77.4 cm³/mol. The van der Waals surface area contributed by atoms with Crippen molar-refractivity contribution in [3.05, 3.63) is 35.4 Å². The molecule has 5 heteroatoms. The van der Waals surface area contributed by atoms with Gasteiger partial charge in [-0.05, 0) is 37.1 Å². The number of carbonyl (C=O) groups excluding carboxylic acids is 1. The van der Waals surface area contributed by atoms with Crippen LogP contribution in [0.4, 0.5) is 5.69 Å². The number of amides is 1. The second kappa shape index (κ2) is 5.77. The van der Waals surface area contributed by atoms with Gasteiger partial charge in [0.05, 0.1) is 5.92 Å². The van der Waals surface area contributed by atoms with Gasteiger partial charge >= 0.3 is 5.97 Å². The second-order valence-corrected chi connectivity index (χ2v) is 5.07. The van der Waals surface area contributed by atoms with Crippen LogP contribution in [0.3, 0.4) is 0 Å². The number of carbonyl (C=O) groups is 2. The first-order chi connectivity index (χ1) is 9.47. The lowest BCUT2D eigenvalue weighted by molar-refractivity contribution is -0.131. The van der Waals surface area contributed by atoms with Crippen molar-refractivity contribution in [1.29, 1.82) is 0 Å². The minimum atomic E-state index is -0.978. The highest BCUT2D eigenvalue weighted by atomic mass is 16.4. The largest absolute Gasteiger partial charge is 0.478 e. The van der Waals surface area contributed by atoms with Crippen LogP contribution in [0.1, 0.15) is 17.5 Å². The number of carboxylic acid groups (broad SMARTS) is 1. The van der Waals surface area contributed by atoms with Gasteiger partial charge in [-0.25, -0.2) is 4.79 Å². The Hall–Kier alpha value is -2.30. The molecular weight excluding hydrogens is 256 g/mol. The maximum absolute atomic E-state index is 11.2. The van der Waals surface area contributed by atoms with E-state index in [1.54, 1.807) is 6.08 Å². The van der Waals surface area contributed by atoms with Crippen molar-refractivity contribution in [2.75, 3.05) is 18.0 Å². The van der Waals surface area contributed by atoms with Gasteiger partial charge in [0, 0.05) is 24.9 Å². The molecule has 1 aliphatic heterocycles. The van der Waals surface area contributed by atoms with Gasteiger partial charge in [-0.2, -0.15) is 0 Å². The molecule has 20 heavy (non-hydrogen) atoms. The number of rotatable bonds is 4. The lowest BCUT2D eigenvalue weighted by Gasteiger charge is -2.21. The maximum Gasteiger partial charge on any atom is 0.328 e. The van der Waals surface area contributed by atoms with Crippen molar-refractivity contribution in [2.24, 2.45) is 11.7 Å². The van der Waals surface area contributed by atoms with Gasteiger partial charge in [0.2, 0.25) is 5.91 Å². The van der Waals surface area contributed by atoms with E-state index in [2.05, 4.69) is 4.90 Å². The van der Waals surface area contributed by atoms with Gasteiger partial charge in [0.25, 0.3) is 0 Å². The predicted octanol–water partition coefficient (Wildman–Crippen LogP) is 1.40. The fourth-order valence-corrected chi connectivity index (χ4v) is 2.47. The molecule has 1 unspecified atom stereocenters. The third kappa shape index (κ3) is 3.17. The topological polar surface area (TPSA) is 83.6 Å². The third-order valence-corrected chi connectivity index (χ3v) is 3.52. The Labute approximate surface area is 117 Å². The first-order valence-electron chi connectivity index (χ1n) is 6.53. The SMILES string of the molecule is Cc1ccc(N2CCC(C(N)=O)C2)c(/C=C/C(=O)O)c1. The number of hydrogen-bond donors (Lipinski definition) is 2. The van der Waals surface area contributed by atoms with E-state index in [1.807, 2.05) is 25.1 Å². The molecule has 5 nitrogen and oxygen atoms in total. The summed E-state index contributed by atoms with van der Waals surface area (Å²) in [7, 11) is 0. The standard InChI is InChI=1S/C15H18N2O3/c1-10-2-4-13(11(8-10)3-5-14(18)19)17-7-6-12(9-17)15(16)20/h2-5,8,12H,6-7,9H2,1H3,(H2,16,20)(H,18,19)/b5-3+. The molecule has 1 saturated heterocycles. The highest BCUT2D eigenvalue weighted by molar-refractivity contribution is 5.87. The van der Waals surface area contributed by atoms with Gasteiger partial charge in [-0.15, -0.1) is 0 Å². The summed E-state index contributed by atoms with van der Waals surface area (Å²) in [4.78, 5) is 24.0. The van der Waals surface area contributed by atoms with Crippen LogP contribution < -0.4 is 10.6 Å². The number of anilines is 1. The van der Waals surface area contributed by atoms with Gasteiger partial charge in [0.15, 0.2) is 0 Å². The molecule has 1 amide bonds. The molecule has 3 N–H and O–H groups in total. The Balaban J connectivity index is 2.27. The van der Waals surface area contributed by atoms with Gasteiger partial charge in [-0.3, -0.25) is 4.79 Å². The highest BCUT2D eigenvalue weighted by Gasteiger charge is 2.27. The minimum Gasteiger partial charge on any atom is -0.478 e. The molecule has 2 rings (SSSR count). The zero-order chi connectivity index (χ0) is 14.7. The average molecular weight is 274 g/mol. The van der Waals surface area contributed by atoms with Gasteiger partial charge in [0.1, 0.15) is 0 Å². The van der Waals surface area contributed by atoms with Gasteiger partial charge < -0.3 is 15.7 Å². The molecule has 0 bridgehead atoms. The van der Waals surface area contributed by atoms with E-state index in [-0.39, 0.29) is 11.8 Å². The van der Waals surface area contributed by atoms with E-state index in [0.29, 0.717) is 6.54 Å². The molecular formula is C15H18N2O3. The molecule has 0 saturated carbocycles. The number of nitrogens with two attached hydrogens (primary N) is 1. The third-order valence-electron chi connectivity index (χ3n) is 3.52. The van der Waals surface area contributed by atoms with Crippen LogP contribution in [-0.4, -0.2) is 30.1 Å². The summed E-state index contributed by atoms with van der Waals surface area (Å²) in [5.41, 5.74) is 8.19. The van der Waals surface area contributed by atoms with Crippen molar-refractivity contribution in [2.45, 2.75) is 13.3 Å². The van der Waals surface area contributed by atoms with E-state index in [4.69, 9.17) is 10.8 Å². The van der Waals surface area contributed by atoms with Crippen LogP contribution in [0, 0.1) is 12.8 Å². The van der Waals surface area contributed by atoms with Crippen molar-refractivity contribution in [3.8, 4) is 0 Å². The lowest BCUT2D eigenvalue weighted by Crippen LogP contribution is -2.27. The van der Waals surface area contributed by atoms with E-state index in [9.17, 15) is 9.59 Å². The average Bonchev–Trinajstić information content (AvgIpc) is 2.86. The van der Waals surface area contributed by atoms with Crippen molar-refractivity contribution < 1.29 is 14.7 Å². The van der Waals surface area contributed by atoms with Crippen LogP contribution in [0.5, 0.6) is 0 Å². The number of carboxylic acids is 1. The molecule has 0 aliphatic carbocycles. The molecule has 1 heterocycles.